The molecule has 0 spiro atoms. The molecule has 1 aliphatic rings. The number of benzene rings is 1. The van der Waals surface area contributed by atoms with Crippen LogP contribution in [0.4, 0.5) is 10.5 Å². The van der Waals surface area contributed by atoms with Gasteiger partial charge in [0.25, 0.3) is 0 Å². The van der Waals surface area contributed by atoms with Crippen molar-refractivity contribution in [3.8, 4) is 0 Å². The molecule has 1 aromatic carbocycles. The quantitative estimate of drug-likeness (QED) is 0.714. The van der Waals surface area contributed by atoms with Gasteiger partial charge in [0, 0.05) is 42.5 Å². The first-order chi connectivity index (χ1) is 12.6. The molecule has 134 valence electrons. The normalized spacial score (nSPS) is 15.0. The van der Waals surface area contributed by atoms with Crippen LogP contribution in [0.5, 0.6) is 0 Å². The molecule has 1 saturated carbocycles. The molecule has 0 aliphatic heterocycles. The number of hydrogen-bond acceptors (Lipinski definition) is 3. The van der Waals surface area contributed by atoms with Crippen LogP contribution >= 0.6 is 11.6 Å². The number of pyridine rings is 1. The van der Waals surface area contributed by atoms with Gasteiger partial charge in [-0.05, 0) is 44.0 Å². The van der Waals surface area contributed by atoms with Gasteiger partial charge < -0.3 is 15.2 Å². The van der Waals surface area contributed by atoms with E-state index in [0.717, 1.165) is 30.6 Å². The van der Waals surface area contributed by atoms with Crippen LogP contribution in [-0.4, -0.2) is 27.1 Å². The Morgan fingerprint density at radius 1 is 1.27 bits per heavy atom. The number of fused-ring (bicyclic) bond motifs is 1. The van der Waals surface area contributed by atoms with Crippen LogP contribution in [0, 0.1) is 12.3 Å². The highest BCUT2D eigenvalue weighted by molar-refractivity contribution is 6.35. The molecule has 7 heteroatoms. The van der Waals surface area contributed by atoms with Gasteiger partial charge in [-0.3, -0.25) is 4.98 Å². The summed E-state index contributed by atoms with van der Waals surface area (Å²) in [6.45, 7) is 3.52. The highest BCUT2D eigenvalue weighted by atomic mass is 35.5. The van der Waals surface area contributed by atoms with E-state index in [9.17, 15) is 4.79 Å². The number of nitrogens with zero attached hydrogens (tertiary/aromatic N) is 3. The van der Waals surface area contributed by atoms with Gasteiger partial charge in [0.15, 0.2) is 0 Å². The molecule has 2 N–H and O–H groups in total. The van der Waals surface area contributed by atoms with E-state index < -0.39 is 0 Å². The minimum absolute atomic E-state index is 0.131. The molecule has 2 heterocycles. The summed E-state index contributed by atoms with van der Waals surface area (Å²) in [6, 6.07) is 7.05. The molecule has 1 fully saturated rings. The molecule has 0 atom stereocenters. The first-order valence-electron chi connectivity index (χ1n) is 8.62. The van der Waals surface area contributed by atoms with Gasteiger partial charge in [0.1, 0.15) is 5.82 Å². The zero-order chi connectivity index (χ0) is 18.1. The maximum Gasteiger partial charge on any atom is 0.319 e. The lowest BCUT2D eigenvalue weighted by Crippen LogP contribution is -2.35. The Labute approximate surface area is 156 Å². The number of carbonyl (C=O) groups excluding carboxylic acids is 1. The lowest BCUT2D eigenvalue weighted by atomic mass is 10.1. The topological polar surface area (TPSA) is 71.8 Å². The summed E-state index contributed by atoms with van der Waals surface area (Å²) >= 11 is 6.18. The molecular weight excluding hydrogens is 350 g/mol. The predicted octanol–water partition coefficient (Wildman–Crippen LogP) is 4.00. The number of urea groups is 1. The van der Waals surface area contributed by atoms with Crippen molar-refractivity contribution < 1.29 is 4.79 Å². The zero-order valence-corrected chi connectivity index (χ0v) is 15.3. The monoisotopic (exact) mass is 369 g/mol. The molecular formula is C19H20ClN5O. The second-order valence-electron chi connectivity index (χ2n) is 6.90. The standard InChI is InChI=1S/C19H20ClN5O/c1-13-21-9-10-25(13)12-19(6-7-19)11-23-18(26)24-16-5-4-15(20)17-14(16)3-2-8-22-17/h2-5,8-10H,6-7,11-12H2,1H3,(H2,23,24,26). The lowest BCUT2D eigenvalue weighted by molar-refractivity contribution is 0.248. The van der Waals surface area contributed by atoms with Gasteiger partial charge >= 0.3 is 6.03 Å². The third-order valence-electron chi connectivity index (χ3n) is 4.98. The summed E-state index contributed by atoms with van der Waals surface area (Å²) in [5, 5.41) is 7.32. The number of halogens is 1. The summed E-state index contributed by atoms with van der Waals surface area (Å²) < 4.78 is 2.14. The molecule has 2 aromatic heterocycles. The molecule has 6 nitrogen and oxygen atoms in total. The minimum Gasteiger partial charge on any atom is -0.337 e. The molecule has 0 unspecified atom stereocenters. The van der Waals surface area contributed by atoms with E-state index in [4.69, 9.17) is 11.6 Å². The maximum atomic E-state index is 12.4. The largest absolute Gasteiger partial charge is 0.337 e. The molecule has 0 bridgehead atoms. The summed E-state index contributed by atoms with van der Waals surface area (Å²) in [5.41, 5.74) is 1.51. The Kier molecular flexibility index (Phi) is 4.28. The third-order valence-corrected chi connectivity index (χ3v) is 5.28. The van der Waals surface area contributed by atoms with E-state index in [1.807, 2.05) is 31.5 Å². The Morgan fingerprint density at radius 3 is 2.85 bits per heavy atom. The van der Waals surface area contributed by atoms with Crippen LogP contribution < -0.4 is 10.6 Å². The Hall–Kier alpha value is -2.60. The van der Waals surface area contributed by atoms with Crippen molar-refractivity contribution in [2.24, 2.45) is 5.41 Å². The van der Waals surface area contributed by atoms with Crippen LogP contribution in [-0.2, 0) is 6.54 Å². The van der Waals surface area contributed by atoms with Crippen molar-refractivity contribution >= 4 is 34.2 Å². The smallest absolute Gasteiger partial charge is 0.319 e. The molecule has 1 aliphatic carbocycles. The van der Waals surface area contributed by atoms with Crippen LogP contribution in [0.3, 0.4) is 0 Å². The second-order valence-corrected chi connectivity index (χ2v) is 7.31. The average molecular weight is 370 g/mol. The van der Waals surface area contributed by atoms with Gasteiger partial charge in [0.05, 0.1) is 16.2 Å². The number of anilines is 1. The lowest BCUT2D eigenvalue weighted by Gasteiger charge is -2.18. The van der Waals surface area contributed by atoms with Gasteiger partial charge in [0.2, 0.25) is 0 Å². The van der Waals surface area contributed by atoms with E-state index in [1.54, 1.807) is 18.3 Å². The highest BCUT2D eigenvalue weighted by Gasteiger charge is 2.43. The van der Waals surface area contributed by atoms with Gasteiger partial charge in [-0.2, -0.15) is 0 Å². The van der Waals surface area contributed by atoms with E-state index in [1.165, 1.54) is 0 Å². The van der Waals surface area contributed by atoms with Crippen LogP contribution in [0.15, 0.2) is 42.9 Å². The van der Waals surface area contributed by atoms with Gasteiger partial charge in [-0.25, -0.2) is 9.78 Å². The summed E-state index contributed by atoms with van der Waals surface area (Å²) in [6.07, 6.45) is 7.71. The number of rotatable bonds is 5. The number of hydrogen-bond donors (Lipinski definition) is 2. The summed E-state index contributed by atoms with van der Waals surface area (Å²) in [4.78, 5) is 20.9. The molecule has 3 aromatic rings. The van der Waals surface area contributed by atoms with Crippen LogP contribution in [0.2, 0.25) is 5.02 Å². The van der Waals surface area contributed by atoms with Crippen molar-refractivity contribution in [3.05, 3.63) is 53.7 Å². The van der Waals surface area contributed by atoms with E-state index in [0.29, 0.717) is 22.8 Å². The number of aromatic nitrogens is 3. The fraction of sp³-hybridized carbons (Fsp3) is 0.316. The molecule has 0 saturated heterocycles. The fourth-order valence-electron chi connectivity index (χ4n) is 3.18. The van der Waals surface area contributed by atoms with Crippen molar-refractivity contribution in [3.63, 3.8) is 0 Å². The van der Waals surface area contributed by atoms with Crippen molar-refractivity contribution in [1.29, 1.82) is 0 Å². The van der Waals surface area contributed by atoms with Crippen LogP contribution in [0.1, 0.15) is 18.7 Å². The van der Waals surface area contributed by atoms with E-state index >= 15 is 0 Å². The SMILES string of the molecule is Cc1nccn1CC1(CNC(=O)Nc2ccc(Cl)c3ncccc23)CC1. The third kappa shape index (κ3) is 3.37. The van der Waals surface area contributed by atoms with Crippen molar-refractivity contribution in [2.45, 2.75) is 26.3 Å². The number of nitrogens with one attached hydrogen (secondary N) is 2. The van der Waals surface area contributed by atoms with Gasteiger partial charge in [-0.15, -0.1) is 0 Å². The summed E-state index contributed by atoms with van der Waals surface area (Å²) in [7, 11) is 0. The first-order valence-corrected chi connectivity index (χ1v) is 9.00. The van der Waals surface area contributed by atoms with Crippen molar-refractivity contribution in [2.75, 3.05) is 11.9 Å². The van der Waals surface area contributed by atoms with E-state index in [2.05, 4.69) is 25.2 Å². The number of carbonyl (C=O) groups is 1. The minimum atomic E-state index is -0.217. The average Bonchev–Trinajstić information content (AvgIpc) is 3.30. The first kappa shape index (κ1) is 16.8. The Morgan fingerprint density at radius 2 is 2.12 bits per heavy atom. The second kappa shape index (κ2) is 6.61. The maximum absolute atomic E-state index is 12.4. The number of imidazole rings is 1. The molecule has 26 heavy (non-hydrogen) atoms. The van der Waals surface area contributed by atoms with E-state index in [-0.39, 0.29) is 11.4 Å². The van der Waals surface area contributed by atoms with Crippen molar-refractivity contribution in [1.82, 2.24) is 19.9 Å². The zero-order valence-electron chi connectivity index (χ0n) is 14.5. The highest BCUT2D eigenvalue weighted by Crippen LogP contribution is 2.46. The molecule has 2 amide bonds. The Bertz CT molecular complexity index is 963. The van der Waals surface area contributed by atoms with Gasteiger partial charge in [-0.1, -0.05) is 11.6 Å². The van der Waals surface area contributed by atoms with Crippen LogP contribution in [0.25, 0.3) is 10.9 Å². The molecule has 4 rings (SSSR count). The fourth-order valence-corrected chi connectivity index (χ4v) is 3.39. The number of amides is 2. The Balaban J connectivity index is 1.41. The summed E-state index contributed by atoms with van der Waals surface area (Å²) in [5.74, 6) is 1.00. The molecule has 0 radical (unpaired) electrons. The number of aryl methyl sites for hydroxylation is 1. The predicted molar refractivity (Wildman–Crippen MR) is 102 cm³/mol.